The van der Waals surface area contributed by atoms with Gasteiger partial charge in [0, 0.05) is 34.6 Å². The highest BCUT2D eigenvalue weighted by Gasteiger charge is 2.35. The van der Waals surface area contributed by atoms with E-state index in [2.05, 4.69) is 5.32 Å². The van der Waals surface area contributed by atoms with Crippen molar-refractivity contribution in [2.24, 2.45) is 0 Å². The molecule has 0 spiro atoms. The molecule has 7 nitrogen and oxygen atoms in total. The van der Waals surface area contributed by atoms with Crippen LogP contribution in [0.3, 0.4) is 0 Å². The second-order valence-electron chi connectivity index (χ2n) is 11.7. The summed E-state index contributed by atoms with van der Waals surface area (Å²) >= 11 is 13.1. The van der Waals surface area contributed by atoms with Crippen LogP contribution in [0.15, 0.2) is 108 Å². The van der Waals surface area contributed by atoms with E-state index in [4.69, 9.17) is 23.2 Å². The van der Waals surface area contributed by atoms with Gasteiger partial charge in [-0.05, 0) is 67.3 Å². The first-order valence-corrected chi connectivity index (χ1v) is 17.3. The third kappa shape index (κ3) is 8.69. The van der Waals surface area contributed by atoms with Crippen LogP contribution in [0.5, 0.6) is 0 Å². The van der Waals surface area contributed by atoms with Gasteiger partial charge in [0.1, 0.15) is 12.6 Å². The van der Waals surface area contributed by atoms with Crippen LogP contribution in [0.1, 0.15) is 50.3 Å². The summed E-state index contributed by atoms with van der Waals surface area (Å²) < 4.78 is 29.4. The fraction of sp³-hybridized carbons (Fsp3) is 0.278. The Hall–Kier alpha value is -3.85. The normalized spacial score (nSPS) is 12.2. The van der Waals surface area contributed by atoms with E-state index in [1.165, 1.54) is 17.0 Å². The van der Waals surface area contributed by atoms with Gasteiger partial charge in [-0.1, -0.05) is 104 Å². The van der Waals surface area contributed by atoms with Gasteiger partial charge >= 0.3 is 0 Å². The van der Waals surface area contributed by atoms with Crippen molar-refractivity contribution in [1.29, 1.82) is 0 Å². The zero-order valence-electron chi connectivity index (χ0n) is 26.4. The Labute approximate surface area is 282 Å². The Morgan fingerprint density at radius 1 is 0.761 bits per heavy atom. The van der Waals surface area contributed by atoms with E-state index in [-0.39, 0.29) is 35.7 Å². The Morgan fingerprint density at radius 3 is 1.87 bits per heavy atom. The van der Waals surface area contributed by atoms with Crippen molar-refractivity contribution in [2.45, 2.75) is 63.6 Å². The first-order valence-electron chi connectivity index (χ1n) is 15.1. The minimum atomic E-state index is -4.20. The van der Waals surface area contributed by atoms with Crippen LogP contribution < -0.4 is 9.62 Å². The van der Waals surface area contributed by atoms with Gasteiger partial charge in [-0.25, -0.2) is 8.42 Å². The number of rotatable bonds is 13. The second kappa shape index (κ2) is 15.6. The van der Waals surface area contributed by atoms with Crippen molar-refractivity contribution in [1.82, 2.24) is 10.2 Å². The number of halogens is 2. The van der Waals surface area contributed by atoms with Gasteiger partial charge in [-0.2, -0.15) is 0 Å². The van der Waals surface area contributed by atoms with E-state index in [9.17, 15) is 18.0 Å². The molecular weight excluding hydrogens is 641 g/mol. The number of nitrogens with one attached hydrogen (secondary N) is 1. The smallest absolute Gasteiger partial charge is 0.264 e. The van der Waals surface area contributed by atoms with Gasteiger partial charge in [-0.15, -0.1) is 0 Å². The fourth-order valence-electron chi connectivity index (χ4n) is 5.06. The maximum absolute atomic E-state index is 14.6. The first-order chi connectivity index (χ1) is 21.9. The average Bonchev–Trinajstić information content (AvgIpc) is 3.03. The Balaban J connectivity index is 1.84. The molecule has 0 aromatic heterocycles. The maximum Gasteiger partial charge on any atom is 0.264 e. The van der Waals surface area contributed by atoms with Gasteiger partial charge in [0.2, 0.25) is 11.8 Å². The number of amides is 2. The van der Waals surface area contributed by atoms with E-state index >= 15 is 0 Å². The summed E-state index contributed by atoms with van der Waals surface area (Å²) in [5.41, 5.74) is 2.62. The largest absolute Gasteiger partial charge is 0.352 e. The summed E-state index contributed by atoms with van der Waals surface area (Å²) in [6.07, 6.45) is 0.182. The zero-order valence-corrected chi connectivity index (χ0v) is 28.7. The van der Waals surface area contributed by atoms with Gasteiger partial charge < -0.3 is 10.2 Å². The topological polar surface area (TPSA) is 86.8 Å². The molecule has 0 radical (unpaired) electrons. The third-order valence-electron chi connectivity index (χ3n) is 7.55. The quantitative estimate of drug-likeness (QED) is 0.159. The Morgan fingerprint density at radius 2 is 1.33 bits per heavy atom. The molecule has 0 aliphatic heterocycles. The van der Waals surface area contributed by atoms with Crippen LogP contribution in [0.25, 0.3) is 0 Å². The highest BCUT2D eigenvalue weighted by Crippen LogP contribution is 2.29. The molecule has 1 atom stereocenters. The van der Waals surface area contributed by atoms with Gasteiger partial charge in [0.25, 0.3) is 10.0 Å². The predicted octanol–water partition coefficient (Wildman–Crippen LogP) is 7.48. The van der Waals surface area contributed by atoms with Crippen LogP contribution in [0.2, 0.25) is 10.0 Å². The number of nitrogens with zero attached hydrogens (tertiary/aromatic N) is 2. The van der Waals surface area contributed by atoms with Crippen molar-refractivity contribution in [3.05, 3.63) is 130 Å². The molecule has 46 heavy (non-hydrogen) atoms. The van der Waals surface area contributed by atoms with E-state index in [1.807, 2.05) is 70.2 Å². The molecule has 0 saturated heterocycles. The monoisotopic (exact) mass is 679 g/mol. The second-order valence-corrected chi connectivity index (χ2v) is 14.3. The molecule has 10 heteroatoms. The van der Waals surface area contributed by atoms with Gasteiger partial charge in [-0.3, -0.25) is 13.9 Å². The fourth-order valence-corrected chi connectivity index (χ4v) is 7.01. The molecule has 4 aromatic carbocycles. The lowest BCUT2D eigenvalue weighted by Gasteiger charge is -2.34. The lowest BCUT2D eigenvalue weighted by molar-refractivity contribution is -0.140. The van der Waals surface area contributed by atoms with Gasteiger partial charge in [0.05, 0.1) is 10.6 Å². The maximum atomic E-state index is 14.6. The Kier molecular flexibility index (Phi) is 11.9. The molecule has 0 unspecified atom stereocenters. The molecule has 2 amide bonds. The van der Waals surface area contributed by atoms with Crippen LogP contribution in [0, 0.1) is 0 Å². The predicted molar refractivity (Wildman–Crippen MR) is 186 cm³/mol. The molecular formula is C36H39Cl2N3O4S. The van der Waals surface area contributed by atoms with Crippen molar-refractivity contribution in [3.63, 3.8) is 0 Å². The lowest BCUT2D eigenvalue weighted by Crippen LogP contribution is -2.54. The number of sulfonamides is 1. The number of carbonyl (C=O) groups excluding carboxylic acids is 2. The van der Waals surface area contributed by atoms with Crippen molar-refractivity contribution in [2.75, 3.05) is 10.8 Å². The van der Waals surface area contributed by atoms with E-state index in [0.29, 0.717) is 21.3 Å². The summed E-state index contributed by atoms with van der Waals surface area (Å²) in [6, 6.07) is 28.2. The summed E-state index contributed by atoms with van der Waals surface area (Å²) in [5.74, 6) is -0.749. The average molecular weight is 681 g/mol. The molecule has 4 rings (SSSR count). The number of benzene rings is 4. The molecule has 4 aromatic rings. The number of carbonyl (C=O) groups is 2. The SMILES string of the molecule is CC(C)NC(=O)[C@H](Cc1ccccc1)N(Cc1c(Cl)cccc1Cl)C(=O)CN(c1ccc(C(C)C)cc1)S(=O)(=O)c1ccccc1. The summed E-state index contributed by atoms with van der Waals surface area (Å²) in [5, 5.41) is 3.59. The minimum absolute atomic E-state index is 0.0369. The highest BCUT2D eigenvalue weighted by molar-refractivity contribution is 7.92. The van der Waals surface area contributed by atoms with Crippen molar-refractivity contribution >= 4 is 50.7 Å². The van der Waals surface area contributed by atoms with Gasteiger partial charge in [0.15, 0.2) is 0 Å². The molecule has 1 N–H and O–H groups in total. The zero-order chi connectivity index (χ0) is 33.4. The number of hydrogen-bond donors (Lipinski definition) is 1. The highest BCUT2D eigenvalue weighted by atomic mass is 35.5. The third-order valence-corrected chi connectivity index (χ3v) is 10.0. The standard InChI is InChI=1S/C36H39Cl2N3O4S/c1-25(2)28-18-20-29(21-19-28)41(46(44,45)30-14-9-6-10-15-30)24-35(42)40(23-31-32(37)16-11-17-33(31)38)34(36(43)39-26(3)4)22-27-12-7-5-8-13-27/h5-21,25-26,34H,22-24H2,1-4H3,(H,39,43)/t34-/m0/s1. The van der Waals surface area contributed by atoms with Crippen LogP contribution in [-0.2, 0) is 32.6 Å². The first kappa shape index (κ1) is 35.0. The van der Waals surface area contributed by atoms with E-state index in [0.717, 1.165) is 15.4 Å². The van der Waals surface area contributed by atoms with Crippen molar-refractivity contribution < 1.29 is 18.0 Å². The van der Waals surface area contributed by atoms with E-state index < -0.39 is 28.5 Å². The van der Waals surface area contributed by atoms with Crippen LogP contribution >= 0.6 is 23.2 Å². The summed E-state index contributed by atoms with van der Waals surface area (Å²) in [6.45, 7) is 7.08. The van der Waals surface area contributed by atoms with Crippen LogP contribution in [0.4, 0.5) is 5.69 Å². The molecule has 0 saturated carbocycles. The summed E-state index contributed by atoms with van der Waals surface area (Å²) in [7, 11) is -4.20. The molecule has 0 aliphatic carbocycles. The molecule has 242 valence electrons. The number of hydrogen-bond acceptors (Lipinski definition) is 4. The van der Waals surface area contributed by atoms with E-state index in [1.54, 1.807) is 48.5 Å². The summed E-state index contributed by atoms with van der Waals surface area (Å²) in [4.78, 5) is 29.8. The Bertz CT molecular complexity index is 1710. The van der Waals surface area contributed by atoms with Crippen LogP contribution in [-0.4, -0.2) is 43.8 Å². The number of anilines is 1. The molecule has 0 heterocycles. The molecule has 0 bridgehead atoms. The van der Waals surface area contributed by atoms with Crippen molar-refractivity contribution in [3.8, 4) is 0 Å². The lowest BCUT2D eigenvalue weighted by atomic mass is 10.0. The molecule has 0 fully saturated rings. The minimum Gasteiger partial charge on any atom is -0.352 e. The molecule has 0 aliphatic rings.